The molecule has 2 heterocycles. The first-order valence-electron chi connectivity index (χ1n) is 11.0. The van der Waals surface area contributed by atoms with E-state index in [2.05, 4.69) is 58.3 Å². The fourth-order valence-corrected chi connectivity index (χ4v) is 4.69. The van der Waals surface area contributed by atoms with Gasteiger partial charge in [-0.2, -0.15) is 0 Å². The minimum absolute atomic E-state index is 1.16. The molecule has 0 spiro atoms. The second-order valence-corrected chi connectivity index (χ2v) is 8.36. The van der Waals surface area contributed by atoms with Gasteiger partial charge >= 0.3 is 0 Å². The first-order chi connectivity index (χ1) is 13.4. The number of benzene rings is 2. The molecule has 0 N–H and O–H groups in total. The molecule has 0 radical (unpaired) electrons. The van der Waals surface area contributed by atoms with Gasteiger partial charge in [0.05, 0.1) is 0 Å². The summed E-state index contributed by atoms with van der Waals surface area (Å²) in [5.41, 5.74) is 6.22. The van der Waals surface area contributed by atoms with E-state index in [1.54, 1.807) is 22.3 Å². The maximum Gasteiger partial charge on any atom is 0.0236 e. The van der Waals surface area contributed by atoms with Crippen LogP contribution >= 0.6 is 0 Å². The number of unbranched alkanes of at least 4 members (excludes halogenated alkanes) is 4. The zero-order chi connectivity index (χ0) is 18.3. The Kier molecular flexibility index (Phi) is 6.60. The smallest absolute Gasteiger partial charge is 0.0236 e. The van der Waals surface area contributed by atoms with Crippen LogP contribution in [0.5, 0.6) is 0 Å². The van der Waals surface area contributed by atoms with Gasteiger partial charge in [-0.1, -0.05) is 67.8 Å². The van der Waals surface area contributed by atoms with Crippen molar-refractivity contribution in [3.8, 4) is 0 Å². The molecular formula is C25H34N2. The Balaban J connectivity index is 1.06. The lowest BCUT2D eigenvalue weighted by molar-refractivity contribution is 0.241. The van der Waals surface area contributed by atoms with Gasteiger partial charge in [-0.05, 0) is 61.0 Å². The average Bonchev–Trinajstić information content (AvgIpc) is 2.73. The van der Waals surface area contributed by atoms with Crippen molar-refractivity contribution in [2.24, 2.45) is 0 Å². The van der Waals surface area contributed by atoms with E-state index in [1.807, 2.05) is 0 Å². The summed E-state index contributed by atoms with van der Waals surface area (Å²) in [7, 11) is 0. The highest BCUT2D eigenvalue weighted by Crippen LogP contribution is 2.20. The molecule has 0 saturated carbocycles. The van der Waals surface area contributed by atoms with E-state index in [9.17, 15) is 0 Å². The summed E-state index contributed by atoms with van der Waals surface area (Å²) in [6.45, 7) is 7.36. The predicted molar refractivity (Wildman–Crippen MR) is 114 cm³/mol. The molecule has 2 aromatic rings. The zero-order valence-corrected chi connectivity index (χ0v) is 16.7. The molecule has 2 heteroatoms. The number of hydrogen-bond donors (Lipinski definition) is 0. The van der Waals surface area contributed by atoms with Crippen molar-refractivity contribution < 1.29 is 0 Å². The van der Waals surface area contributed by atoms with Crippen LogP contribution in [-0.4, -0.2) is 36.0 Å². The third-order valence-electron chi connectivity index (χ3n) is 6.37. The standard InChI is InChI=1S/C25H34N2/c1(2-8-16-26-18-14-22-10-4-6-12-24(22)20-26)3-9-17-27-19-15-23-11-5-7-13-25(23)21-27/h4-7,10-13H,1-3,8-9,14-21H2. The zero-order valence-electron chi connectivity index (χ0n) is 16.7. The molecule has 0 unspecified atom stereocenters. The highest BCUT2D eigenvalue weighted by molar-refractivity contribution is 5.29. The number of hydrogen-bond acceptors (Lipinski definition) is 2. The fraction of sp³-hybridized carbons (Fsp3) is 0.520. The molecule has 144 valence electrons. The van der Waals surface area contributed by atoms with E-state index in [0.717, 1.165) is 13.1 Å². The first-order valence-corrected chi connectivity index (χ1v) is 11.0. The van der Waals surface area contributed by atoms with Crippen LogP contribution in [0.1, 0.15) is 54.4 Å². The summed E-state index contributed by atoms with van der Waals surface area (Å²) < 4.78 is 0. The van der Waals surface area contributed by atoms with E-state index < -0.39 is 0 Å². The summed E-state index contributed by atoms with van der Waals surface area (Å²) in [4.78, 5) is 5.29. The normalized spacial score (nSPS) is 17.5. The number of fused-ring (bicyclic) bond motifs is 2. The van der Waals surface area contributed by atoms with Gasteiger partial charge in [0.25, 0.3) is 0 Å². The van der Waals surface area contributed by atoms with Crippen LogP contribution in [0.4, 0.5) is 0 Å². The van der Waals surface area contributed by atoms with Gasteiger partial charge in [-0.3, -0.25) is 9.80 Å². The van der Waals surface area contributed by atoms with E-state index in [4.69, 9.17) is 0 Å². The lowest BCUT2D eigenvalue weighted by Crippen LogP contribution is -2.31. The van der Waals surface area contributed by atoms with Gasteiger partial charge in [0.1, 0.15) is 0 Å². The van der Waals surface area contributed by atoms with Crippen LogP contribution in [-0.2, 0) is 25.9 Å². The summed E-state index contributed by atoms with van der Waals surface area (Å²) in [6.07, 6.45) is 9.36. The Bertz CT molecular complexity index is 662. The number of rotatable bonds is 8. The Hall–Kier alpha value is -1.64. The summed E-state index contributed by atoms with van der Waals surface area (Å²) >= 11 is 0. The molecule has 2 aromatic carbocycles. The van der Waals surface area contributed by atoms with E-state index in [0.29, 0.717) is 0 Å². The Morgan fingerprint density at radius 2 is 0.926 bits per heavy atom. The SMILES string of the molecule is c1ccc2c(c1)CCN(CCCCCCCN1CCc3ccccc3C1)C2. The van der Waals surface area contributed by atoms with Crippen LogP contribution in [0.15, 0.2) is 48.5 Å². The monoisotopic (exact) mass is 362 g/mol. The quantitative estimate of drug-likeness (QED) is 0.606. The minimum Gasteiger partial charge on any atom is -0.299 e. The molecule has 0 saturated heterocycles. The van der Waals surface area contributed by atoms with Crippen molar-refractivity contribution >= 4 is 0 Å². The van der Waals surface area contributed by atoms with Gasteiger partial charge in [0, 0.05) is 26.2 Å². The Morgan fingerprint density at radius 1 is 0.519 bits per heavy atom. The maximum absolute atomic E-state index is 2.65. The van der Waals surface area contributed by atoms with E-state index >= 15 is 0 Å². The second-order valence-electron chi connectivity index (χ2n) is 8.36. The molecule has 0 aliphatic carbocycles. The molecule has 2 nitrogen and oxygen atoms in total. The summed E-state index contributed by atoms with van der Waals surface area (Å²) in [5, 5.41) is 0. The van der Waals surface area contributed by atoms with E-state index in [1.165, 1.54) is 71.1 Å². The van der Waals surface area contributed by atoms with Gasteiger partial charge in [0.15, 0.2) is 0 Å². The topological polar surface area (TPSA) is 6.48 Å². The summed E-state index contributed by atoms with van der Waals surface area (Å²) in [6, 6.07) is 17.9. The van der Waals surface area contributed by atoms with Crippen LogP contribution in [0.2, 0.25) is 0 Å². The maximum atomic E-state index is 2.65. The molecular weight excluding hydrogens is 328 g/mol. The van der Waals surface area contributed by atoms with Crippen molar-refractivity contribution in [2.45, 2.75) is 58.0 Å². The largest absolute Gasteiger partial charge is 0.299 e. The summed E-state index contributed by atoms with van der Waals surface area (Å²) in [5.74, 6) is 0. The molecule has 0 bridgehead atoms. The molecule has 2 aliphatic rings. The lowest BCUT2D eigenvalue weighted by atomic mass is 9.99. The molecule has 0 amide bonds. The molecule has 27 heavy (non-hydrogen) atoms. The van der Waals surface area contributed by atoms with Crippen molar-refractivity contribution in [1.29, 1.82) is 0 Å². The third kappa shape index (κ3) is 5.21. The second kappa shape index (κ2) is 9.52. The van der Waals surface area contributed by atoms with Crippen LogP contribution in [0.25, 0.3) is 0 Å². The number of nitrogens with zero attached hydrogens (tertiary/aromatic N) is 2. The van der Waals surface area contributed by atoms with Gasteiger partial charge in [-0.25, -0.2) is 0 Å². The molecule has 0 atom stereocenters. The minimum atomic E-state index is 1.16. The van der Waals surface area contributed by atoms with Crippen molar-refractivity contribution in [1.82, 2.24) is 9.80 Å². The Labute approximate surface area is 165 Å². The molecule has 4 rings (SSSR count). The third-order valence-corrected chi connectivity index (χ3v) is 6.37. The lowest BCUT2D eigenvalue weighted by Gasteiger charge is -2.29. The average molecular weight is 363 g/mol. The van der Waals surface area contributed by atoms with Crippen molar-refractivity contribution in [3.63, 3.8) is 0 Å². The van der Waals surface area contributed by atoms with Crippen molar-refractivity contribution in [2.75, 3.05) is 26.2 Å². The first kappa shape index (κ1) is 18.7. The predicted octanol–water partition coefficient (Wildman–Crippen LogP) is 5.05. The Morgan fingerprint density at radius 3 is 1.41 bits per heavy atom. The molecule has 0 fully saturated rings. The fourth-order valence-electron chi connectivity index (χ4n) is 4.69. The van der Waals surface area contributed by atoms with Gasteiger partial charge in [-0.15, -0.1) is 0 Å². The van der Waals surface area contributed by atoms with Crippen LogP contribution < -0.4 is 0 Å². The highest BCUT2D eigenvalue weighted by Gasteiger charge is 2.16. The highest BCUT2D eigenvalue weighted by atomic mass is 15.1. The van der Waals surface area contributed by atoms with E-state index in [-0.39, 0.29) is 0 Å². The van der Waals surface area contributed by atoms with Crippen molar-refractivity contribution in [3.05, 3.63) is 70.8 Å². The van der Waals surface area contributed by atoms with Crippen LogP contribution in [0, 0.1) is 0 Å². The van der Waals surface area contributed by atoms with Gasteiger partial charge in [0.2, 0.25) is 0 Å². The molecule has 0 aromatic heterocycles. The van der Waals surface area contributed by atoms with Gasteiger partial charge < -0.3 is 0 Å². The molecule has 2 aliphatic heterocycles. The van der Waals surface area contributed by atoms with Crippen LogP contribution in [0.3, 0.4) is 0 Å².